The van der Waals surface area contributed by atoms with Crippen molar-refractivity contribution in [3.63, 3.8) is 0 Å². The van der Waals surface area contributed by atoms with Gasteiger partial charge in [0.2, 0.25) is 0 Å². The summed E-state index contributed by atoms with van der Waals surface area (Å²) in [5, 5.41) is 15.8. The zero-order chi connectivity index (χ0) is 17.8. The van der Waals surface area contributed by atoms with Crippen LogP contribution in [0.3, 0.4) is 0 Å². The summed E-state index contributed by atoms with van der Waals surface area (Å²) >= 11 is 0. The average molecular weight is 326 g/mol. The van der Waals surface area contributed by atoms with Crippen LogP contribution in [0, 0.1) is 0 Å². The zero-order valence-electron chi connectivity index (χ0n) is 14.1. The lowest BCUT2D eigenvalue weighted by molar-refractivity contribution is 0.0328. The molecule has 0 aliphatic rings. The van der Waals surface area contributed by atoms with Gasteiger partial charge >= 0.3 is 11.9 Å². The summed E-state index contributed by atoms with van der Waals surface area (Å²) in [7, 11) is 0. The van der Waals surface area contributed by atoms with Gasteiger partial charge in [0.1, 0.15) is 0 Å². The van der Waals surface area contributed by atoms with Gasteiger partial charge in [-0.2, -0.15) is 0 Å². The fourth-order valence-electron chi connectivity index (χ4n) is 1.46. The van der Waals surface area contributed by atoms with Gasteiger partial charge < -0.3 is 19.7 Å². The monoisotopic (exact) mass is 326 g/mol. The van der Waals surface area contributed by atoms with Crippen molar-refractivity contribution in [2.45, 2.75) is 46.3 Å². The van der Waals surface area contributed by atoms with E-state index in [4.69, 9.17) is 19.7 Å². The number of ether oxygens (including phenoxy) is 2. The Bertz CT molecular complexity index is 439. The Kier molecular flexibility index (Phi) is 10.7. The van der Waals surface area contributed by atoms with Crippen molar-refractivity contribution in [3.05, 3.63) is 35.4 Å². The van der Waals surface area contributed by atoms with Crippen LogP contribution in [0.5, 0.6) is 0 Å². The van der Waals surface area contributed by atoms with Crippen molar-refractivity contribution in [3.8, 4) is 0 Å². The first-order valence-electron chi connectivity index (χ1n) is 7.56. The Labute approximate surface area is 137 Å². The molecule has 0 unspecified atom stereocenters. The van der Waals surface area contributed by atoms with Crippen molar-refractivity contribution in [1.82, 2.24) is 0 Å². The number of hydrogen-bond acceptors (Lipinski definition) is 6. The second-order valence-corrected chi connectivity index (χ2v) is 5.25. The topological polar surface area (TPSA) is 93.1 Å². The molecular weight excluding hydrogens is 300 g/mol. The lowest BCUT2D eigenvalue weighted by atomic mass is 10.1. The molecule has 6 nitrogen and oxygen atoms in total. The molecule has 0 bridgehead atoms. The van der Waals surface area contributed by atoms with Crippen molar-refractivity contribution < 1.29 is 29.3 Å². The summed E-state index contributed by atoms with van der Waals surface area (Å²) in [6, 6.07) is 6.48. The summed E-state index contributed by atoms with van der Waals surface area (Å²) in [6.45, 7) is 7.22. The van der Waals surface area contributed by atoms with Crippen molar-refractivity contribution in [1.29, 1.82) is 0 Å². The van der Waals surface area contributed by atoms with E-state index in [1.165, 1.54) is 0 Å². The predicted octanol–water partition coefficient (Wildman–Crippen LogP) is 2.18. The van der Waals surface area contributed by atoms with Gasteiger partial charge in [-0.25, -0.2) is 9.59 Å². The van der Waals surface area contributed by atoms with Crippen molar-refractivity contribution in [2.75, 3.05) is 13.2 Å². The third kappa shape index (κ3) is 8.95. The predicted molar refractivity (Wildman–Crippen MR) is 86.3 cm³/mol. The van der Waals surface area contributed by atoms with Gasteiger partial charge in [-0.3, -0.25) is 0 Å². The quantitative estimate of drug-likeness (QED) is 0.778. The Balaban J connectivity index is 0.000000841. The summed E-state index contributed by atoms with van der Waals surface area (Å²) in [5.41, 5.74) is 0.466. The maximum Gasteiger partial charge on any atom is 0.339 e. The molecule has 0 radical (unpaired) electrons. The zero-order valence-corrected chi connectivity index (χ0v) is 14.1. The van der Waals surface area contributed by atoms with E-state index < -0.39 is 11.9 Å². The first-order chi connectivity index (χ1) is 10.8. The second-order valence-electron chi connectivity index (χ2n) is 5.25. The highest BCUT2D eigenvalue weighted by molar-refractivity contribution is 6.03. The Hall–Kier alpha value is -1.92. The van der Waals surface area contributed by atoms with Crippen LogP contribution >= 0.6 is 0 Å². The number of carbonyl (C=O) groups is 2. The fourth-order valence-corrected chi connectivity index (χ4v) is 1.46. The van der Waals surface area contributed by atoms with Gasteiger partial charge in [0.05, 0.1) is 23.3 Å². The molecular formula is C17H26O6. The van der Waals surface area contributed by atoms with E-state index in [0.717, 1.165) is 0 Å². The third-order valence-electron chi connectivity index (χ3n) is 2.37. The van der Waals surface area contributed by atoms with E-state index in [-0.39, 0.29) is 36.5 Å². The van der Waals surface area contributed by atoms with E-state index in [0.29, 0.717) is 6.42 Å². The molecule has 1 aromatic carbocycles. The van der Waals surface area contributed by atoms with Gasteiger partial charge in [0.15, 0.2) is 0 Å². The maximum atomic E-state index is 11.8. The number of hydrogen-bond donors (Lipinski definition) is 2. The van der Waals surface area contributed by atoms with E-state index in [1.807, 2.05) is 0 Å². The molecule has 130 valence electrons. The van der Waals surface area contributed by atoms with Gasteiger partial charge in [0.25, 0.3) is 0 Å². The summed E-state index contributed by atoms with van der Waals surface area (Å²) in [4.78, 5) is 23.7. The van der Waals surface area contributed by atoms with E-state index in [9.17, 15) is 9.59 Å². The first-order valence-corrected chi connectivity index (χ1v) is 7.56. The molecule has 1 aromatic rings. The number of aliphatic hydroxyl groups excluding tert-OH is 2. The number of rotatable bonds is 6. The van der Waals surface area contributed by atoms with Crippen LogP contribution in [0.1, 0.15) is 54.8 Å². The van der Waals surface area contributed by atoms with Gasteiger partial charge in [-0.05, 0) is 46.2 Å². The molecule has 0 atom stereocenters. The molecule has 0 saturated carbocycles. The van der Waals surface area contributed by atoms with E-state index in [1.54, 1.807) is 52.0 Å². The minimum Gasteiger partial charge on any atom is -0.459 e. The van der Waals surface area contributed by atoms with Crippen molar-refractivity contribution in [2.24, 2.45) is 0 Å². The molecule has 0 aliphatic carbocycles. The molecule has 2 N–H and O–H groups in total. The lowest BCUT2D eigenvalue weighted by Gasteiger charge is -2.12. The van der Waals surface area contributed by atoms with E-state index >= 15 is 0 Å². The molecule has 6 heteroatoms. The minimum absolute atomic E-state index is 0.0938. The molecule has 0 aliphatic heterocycles. The SMILES string of the molecule is CC(C)OC(=O)c1ccccc1C(=O)OC(C)C.OCCCO. The summed E-state index contributed by atoms with van der Waals surface area (Å²) in [5.74, 6) is -1.03. The Morgan fingerprint density at radius 1 is 0.870 bits per heavy atom. The lowest BCUT2D eigenvalue weighted by Crippen LogP contribution is -2.18. The maximum absolute atomic E-state index is 11.8. The Morgan fingerprint density at radius 2 is 1.22 bits per heavy atom. The largest absolute Gasteiger partial charge is 0.459 e. The normalized spacial score (nSPS) is 10.1. The standard InChI is InChI=1S/C14H18O4.C3H8O2/c1-9(2)17-13(15)11-7-5-6-8-12(11)14(16)18-10(3)4;4-2-1-3-5/h5-10H,1-4H3;4-5H,1-3H2. The summed E-state index contributed by atoms with van der Waals surface area (Å²) < 4.78 is 10.2. The van der Waals surface area contributed by atoms with Gasteiger partial charge in [0, 0.05) is 13.2 Å². The molecule has 0 amide bonds. The van der Waals surface area contributed by atoms with Crippen LogP contribution in [0.15, 0.2) is 24.3 Å². The number of aliphatic hydroxyl groups is 2. The highest BCUT2D eigenvalue weighted by Crippen LogP contribution is 2.13. The molecule has 0 spiro atoms. The van der Waals surface area contributed by atoms with Crippen molar-refractivity contribution >= 4 is 11.9 Å². The van der Waals surface area contributed by atoms with Gasteiger partial charge in [-0.1, -0.05) is 12.1 Å². The number of benzene rings is 1. The van der Waals surface area contributed by atoms with Crippen LogP contribution < -0.4 is 0 Å². The highest BCUT2D eigenvalue weighted by atomic mass is 16.5. The molecule has 23 heavy (non-hydrogen) atoms. The fraction of sp³-hybridized carbons (Fsp3) is 0.529. The molecule has 0 aromatic heterocycles. The number of esters is 2. The van der Waals surface area contributed by atoms with Crippen LogP contribution in [0.2, 0.25) is 0 Å². The first kappa shape index (κ1) is 21.1. The minimum atomic E-state index is -0.513. The summed E-state index contributed by atoms with van der Waals surface area (Å²) in [6.07, 6.45) is 0.0401. The second kappa shape index (κ2) is 11.6. The van der Waals surface area contributed by atoms with E-state index in [2.05, 4.69) is 0 Å². The molecule has 0 saturated heterocycles. The molecule has 0 heterocycles. The van der Waals surface area contributed by atoms with Crippen LogP contribution in [-0.2, 0) is 9.47 Å². The van der Waals surface area contributed by atoms with Crippen LogP contribution in [-0.4, -0.2) is 47.6 Å². The molecule has 1 rings (SSSR count). The number of carbonyl (C=O) groups excluding carboxylic acids is 2. The third-order valence-corrected chi connectivity index (χ3v) is 2.37. The highest BCUT2D eigenvalue weighted by Gasteiger charge is 2.20. The van der Waals surface area contributed by atoms with Crippen LogP contribution in [0.25, 0.3) is 0 Å². The average Bonchev–Trinajstić information content (AvgIpc) is 2.47. The van der Waals surface area contributed by atoms with Gasteiger partial charge in [-0.15, -0.1) is 0 Å². The van der Waals surface area contributed by atoms with Crippen LogP contribution in [0.4, 0.5) is 0 Å². The smallest absolute Gasteiger partial charge is 0.339 e. The Morgan fingerprint density at radius 3 is 1.43 bits per heavy atom. The molecule has 0 fully saturated rings.